The normalized spacial score (nSPS) is 38.1. The molecule has 0 saturated carbocycles. The summed E-state index contributed by atoms with van der Waals surface area (Å²) in [6.45, 7) is 7.82. The van der Waals surface area contributed by atoms with E-state index in [0.717, 1.165) is 6.61 Å². The fourth-order valence-corrected chi connectivity index (χ4v) is 3.67. The van der Waals surface area contributed by atoms with Crippen LogP contribution < -0.4 is 5.32 Å². The predicted molar refractivity (Wildman–Crippen MR) is 71.3 cm³/mol. The van der Waals surface area contributed by atoms with E-state index >= 15 is 0 Å². The SMILES string of the molecule is CCCC1(CN(C)C2CCOC2C)CCCN1. The lowest BCUT2D eigenvalue weighted by Crippen LogP contribution is -2.52. The summed E-state index contributed by atoms with van der Waals surface area (Å²) in [6, 6.07) is 0.617. The van der Waals surface area contributed by atoms with Crippen molar-refractivity contribution in [1.82, 2.24) is 10.2 Å². The molecule has 2 fully saturated rings. The van der Waals surface area contributed by atoms with E-state index in [4.69, 9.17) is 4.74 Å². The number of nitrogens with zero attached hydrogens (tertiary/aromatic N) is 1. The van der Waals surface area contributed by atoms with E-state index in [1.807, 2.05) is 0 Å². The molecule has 3 nitrogen and oxygen atoms in total. The van der Waals surface area contributed by atoms with Gasteiger partial charge in [-0.05, 0) is 46.2 Å². The van der Waals surface area contributed by atoms with Gasteiger partial charge in [0, 0.05) is 24.7 Å². The van der Waals surface area contributed by atoms with Crippen molar-refractivity contribution >= 4 is 0 Å². The van der Waals surface area contributed by atoms with Gasteiger partial charge < -0.3 is 10.1 Å². The molecule has 2 aliphatic rings. The highest BCUT2D eigenvalue weighted by Crippen LogP contribution is 2.28. The molecule has 0 aliphatic carbocycles. The molecule has 0 aromatic heterocycles. The monoisotopic (exact) mass is 240 g/mol. The van der Waals surface area contributed by atoms with Crippen molar-refractivity contribution in [2.45, 2.75) is 63.6 Å². The van der Waals surface area contributed by atoms with E-state index in [1.165, 1.54) is 45.2 Å². The summed E-state index contributed by atoms with van der Waals surface area (Å²) in [6.07, 6.45) is 6.86. The highest BCUT2D eigenvalue weighted by molar-refractivity contribution is 4.96. The molecule has 2 saturated heterocycles. The second-order valence-corrected chi connectivity index (χ2v) is 5.91. The first-order valence-electron chi connectivity index (χ1n) is 7.24. The molecule has 3 heteroatoms. The van der Waals surface area contributed by atoms with Gasteiger partial charge in [-0.2, -0.15) is 0 Å². The number of nitrogens with one attached hydrogen (secondary N) is 1. The first-order chi connectivity index (χ1) is 8.17. The van der Waals surface area contributed by atoms with Crippen LogP contribution in [-0.2, 0) is 4.74 Å². The summed E-state index contributed by atoms with van der Waals surface area (Å²) in [7, 11) is 2.27. The number of hydrogen-bond acceptors (Lipinski definition) is 3. The van der Waals surface area contributed by atoms with Gasteiger partial charge in [0.2, 0.25) is 0 Å². The van der Waals surface area contributed by atoms with E-state index in [0.29, 0.717) is 17.7 Å². The largest absolute Gasteiger partial charge is 0.377 e. The molecule has 0 spiro atoms. The quantitative estimate of drug-likeness (QED) is 0.795. The van der Waals surface area contributed by atoms with Crippen LogP contribution in [0.2, 0.25) is 0 Å². The molecule has 0 radical (unpaired) electrons. The molecule has 17 heavy (non-hydrogen) atoms. The average molecular weight is 240 g/mol. The zero-order chi connectivity index (χ0) is 12.3. The van der Waals surface area contributed by atoms with E-state index in [9.17, 15) is 0 Å². The second-order valence-electron chi connectivity index (χ2n) is 5.91. The van der Waals surface area contributed by atoms with Crippen LogP contribution >= 0.6 is 0 Å². The summed E-state index contributed by atoms with van der Waals surface area (Å²) in [5, 5.41) is 3.76. The van der Waals surface area contributed by atoms with Crippen molar-refractivity contribution in [2.24, 2.45) is 0 Å². The lowest BCUT2D eigenvalue weighted by molar-refractivity contribution is 0.0719. The third-order valence-corrected chi connectivity index (χ3v) is 4.52. The Morgan fingerprint density at radius 3 is 2.82 bits per heavy atom. The number of rotatable bonds is 5. The minimum absolute atomic E-state index is 0.381. The first-order valence-corrected chi connectivity index (χ1v) is 7.24. The maximum absolute atomic E-state index is 5.68. The zero-order valence-corrected chi connectivity index (χ0v) is 11.7. The molecule has 3 unspecified atom stereocenters. The molecular formula is C14H28N2O. The fourth-order valence-electron chi connectivity index (χ4n) is 3.67. The van der Waals surface area contributed by atoms with Gasteiger partial charge in [-0.3, -0.25) is 4.90 Å². The summed E-state index contributed by atoms with van der Waals surface area (Å²) in [4.78, 5) is 2.53. The third-order valence-electron chi connectivity index (χ3n) is 4.52. The van der Waals surface area contributed by atoms with E-state index in [2.05, 4.69) is 31.1 Å². The summed E-state index contributed by atoms with van der Waals surface area (Å²) >= 11 is 0. The van der Waals surface area contributed by atoms with Crippen LogP contribution in [0, 0.1) is 0 Å². The van der Waals surface area contributed by atoms with Gasteiger partial charge in [-0.1, -0.05) is 13.3 Å². The summed E-state index contributed by atoms with van der Waals surface area (Å²) < 4.78 is 5.68. The highest BCUT2D eigenvalue weighted by Gasteiger charge is 2.37. The van der Waals surface area contributed by atoms with Crippen molar-refractivity contribution in [2.75, 3.05) is 26.7 Å². The van der Waals surface area contributed by atoms with Crippen LogP contribution in [0.1, 0.15) is 46.0 Å². The minimum Gasteiger partial charge on any atom is -0.377 e. The van der Waals surface area contributed by atoms with Crippen LogP contribution in [0.25, 0.3) is 0 Å². The number of hydrogen-bond donors (Lipinski definition) is 1. The molecule has 2 heterocycles. The molecule has 2 aliphatic heterocycles. The van der Waals surface area contributed by atoms with Crippen molar-refractivity contribution in [3.63, 3.8) is 0 Å². The fraction of sp³-hybridized carbons (Fsp3) is 1.00. The van der Waals surface area contributed by atoms with Crippen LogP contribution in [0.4, 0.5) is 0 Å². The molecule has 0 aromatic carbocycles. The zero-order valence-electron chi connectivity index (χ0n) is 11.7. The molecular weight excluding hydrogens is 212 g/mol. The maximum Gasteiger partial charge on any atom is 0.0702 e. The Morgan fingerprint density at radius 2 is 2.29 bits per heavy atom. The van der Waals surface area contributed by atoms with Crippen LogP contribution in [0.3, 0.4) is 0 Å². The molecule has 3 atom stereocenters. The summed E-state index contributed by atoms with van der Waals surface area (Å²) in [5.41, 5.74) is 0.381. The third kappa shape index (κ3) is 3.01. The van der Waals surface area contributed by atoms with E-state index in [1.54, 1.807) is 0 Å². The van der Waals surface area contributed by atoms with Gasteiger partial charge in [-0.15, -0.1) is 0 Å². The summed E-state index contributed by atoms with van der Waals surface area (Å²) in [5.74, 6) is 0. The Labute approximate surface area is 106 Å². The Balaban J connectivity index is 1.93. The van der Waals surface area contributed by atoms with Crippen molar-refractivity contribution in [3.05, 3.63) is 0 Å². The maximum atomic E-state index is 5.68. The Morgan fingerprint density at radius 1 is 1.47 bits per heavy atom. The highest BCUT2D eigenvalue weighted by atomic mass is 16.5. The Bertz CT molecular complexity index is 238. The average Bonchev–Trinajstić information content (AvgIpc) is 2.88. The first kappa shape index (κ1) is 13.3. The smallest absolute Gasteiger partial charge is 0.0702 e. The number of ether oxygens (including phenoxy) is 1. The lowest BCUT2D eigenvalue weighted by atomic mass is 9.90. The molecule has 100 valence electrons. The predicted octanol–water partition coefficient (Wildman–Crippen LogP) is 2.02. The van der Waals surface area contributed by atoms with Gasteiger partial charge in [0.1, 0.15) is 0 Å². The molecule has 0 aromatic rings. The Hall–Kier alpha value is -0.120. The topological polar surface area (TPSA) is 24.5 Å². The van der Waals surface area contributed by atoms with Crippen molar-refractivity contribution in [1.29, 1.82) is 0 Å². The van der Waals surface area contributed by atoms with Crippen molar-refractivity contribution in [3.8, 4) is 0 Å². The second kappa shape index (κ2) is 5.68. The number of likely N-dealkylation sites (N-methyl/N-ethyl adjacent to an activating group) is 1. The van der Waals surface area contributed by atoms with Crippen LogP contribution in [0.15, 0.2) is 0 Å². The lowest BCUT2D eigenvalue weighted by Gasteiger charge is -2.37. The molecule has 2 rings (SSSR count). The minimum atomic E-state index is 0.381. The Kier molecular flexibility index (Phi) is 4.45. The molecule has 0 amide bonds. The van der Waals surface area contributed by atoms with E-state index < -0.39 is 0 Å². The van der Waals surface area contributed by atoms with Gasteiger partial charge in [0.05, 0.1) is 6.10 Å². The van der Waals surface area contributed by atoms with Gasteiger partial charge in [-0.25, -0.2) is 0 Å². The van der Waals surface area contributed by atoms with Crippen LogP contribution in [-0.4, -0.2) is 49.3 Å². The molecule has 0 bridgehead atoms. The standard InChI is InChI=1S/C14H28N2O/c1-4-7-14(8-5-9-15-14)11-16(3)13-6-10-17-12(13)2/h12-13,15H,4-11H2,1-3H3. The van der Waals surface area contributed by atoms with Gasteiger partial charge >= 0.3 is 0 Å². The van der Waals surface area contributed by atoms with Gasteiger partial charge in [0.15, 0.2) is 0 Å². The van der Waals surface area contributed by atoms with Gasteiger partial charge in [0.25, 0.3) is 0 Å². The molecule has 1 N–H and O–H groups in total. The van der Waals surface area contributed by atoms with Crippen LogP contribution in [0.5, 0.6) is 0 Å². The van der Waals surface area contributed by atoms with Crippen molar-refractivity contribution < 1.29 is 4.74 Å². The van der Waals surface area contributed by atoms with E-state index in [-0.39, 0.29) is 0 Å².